The van der Waals surface area contributed by atoms with Crippen LogP contribution in [0.3, 0.4) is 0 Å². The number of amides is 1. The number of rotatable bonds is 4. The van der Waals surface area contributed by atoms with Gasteiger partial charge in [-0.1, -0.05) is 12.1 Å². The van der Waals surface area contributed by atoms with Crippen LogP contribution < -0.4 is 5.56 Å². The predicted molar refractivity (Wildman–Crippen MR) is 107 cm³/mol. The van der Waals surface area contributed by atoms with Gasteiger partial charge in [-0.25, -0.2) is 4.39 Å². The molecule has 0 saturated carbocycles. The van der Waals surface area contributed by atoms with Crippen LogP contribution >= 0.6 is 0 Å². The summed E-state index contributed by atoms with van der Waals surface area (Å²) in [5, 5.41) is 5.18. The smallest absolute Gasteiger partial charge is 0.271 e. The maximum absolute atomic E-state index is 13.9. The fourth-order valence-electron chi connectivity index (χ4n) is 3.60. The quantitative estimate of drug-likeness (QED) is 0.579. The number of hydrogen-bond donors (Lipinski definition) is 1. The van der Waals surface area contributed by atoms with E-state index in [1.54, 1.807) is 68.8 Å². The molecule has 0 bridgehead atoms. The first-order valence-electron chi connectivity index (χ1n) is 9.04. The van der Waals surface area contributed by atoms with Crippen LogP contribution in [0.2, 0.25) is 0 Å². The van der Waals surface area contributed by atoms with E-state index < -0.39 is 6.04 Å². The van der Waals surface area contributed by atoms with Crippen LogP contribution in [0, 0.1) is 5.82 Å². The van der Waals surface area contributed by atoms with Crippen molar-refractivity contribution in [2.24, 2.45) is 14.1 Å². The number of nitrogens with one attached hydrogen (secondary N) is 1. The fourth-order valence-corrected chi connectivity index (χ4v) is 3.60. The van der Waals surface area contributed by atoms with E-state index in [0.717, 1.165) is 5.56 Å². The van der Waals surface area contributed by atoms with Gasteiger partial charge in [-0.3, -0.25) is 14.3 Å². The zero-order chi connectivity index (χ0) is 20.7. The second-order valence-corrected chi connectivity index (χ2v) is 7.04. The van der Waals surface area contributed by atoms with E-state index in [1.807, 2.05) is 0 Å². The largest absolute Gasteiger partial charge is 0.356 e. The normalized spacial score (nSPS) is 12.3. The molecule has 1 aromatic carbocycles. The number of halogens is 1. The summed E-state index contributed by atoms with van der Waals surface area (Å²) in [6.07, 6.45) is 6.62. The van der Waals surface area contributed by atoms with E-state index >= 15 is 0 Å². The molecule has 0 fully saturated rings. The van der Waals surface area contributed by atoms with Gasteiger partial charge in [0.1, 0.15) is 11.5 Å². The van der Waals surface area contributed by atoms with Crippen LogP contribution in [-0.2, 0) is 14.1 Å². The Balaban J connectivity index is 1.80. The third kappa shape index (κ3) is 3.22. The molecule has 0 saturated heterocycles. The van der Waals surface area contributed by atoms with Gasteiger partial charge in [0.2, 0.25) is 0 Å². The molecule has 0 aliphatic carbocycles. The molecule has 4 rings (SSSR count). The van der Waals surface area contributed by atoms with E-state index in [4.69, 9.17) is 0 Å². The average Bonchev–Trinajstić information content (AvgIpc) is 3.31. The van der Waals surface area contributed by atoms with E-state index in [-0.39, 0.29) is 17.3 Å². The molecule has 29 heavy (non-hydrogen) atoms. The van der Waals surface area contributed by atoms with Crippen molar-refractivity contribution in [3.8, 4) is 0 Å². The SMILES string of the molecule is CN(C(=O)c1[nH]cc2c(=O)n(C)ccc12)C(c1cccc(F)c1)c1cnn(C)c1. The lowest BCUT2D eigenvalue weighted by Gasteiger charge is -2.28. The number of carbonyl (C=O) groups excluding carboxylic acids is 1. The van der Waals surface area contributed by atoms with Crippen molar-refractivity contribution in [3.63, 3.8) is 0 Å². The van der Waals surface area contributed by atoms with E-state index in [1.165, 1.54) is 21.6 Å². The van der Waals surface area contributed by atoms with Gasteiger partial charge in [0.25, 0.3) is 11.5 Å². The molecule has 0 aliphatic heterocycles. The molecule has 0 spiro atoms. The van der Waals surface area contributed by atoms with Crippen molar-refractivity contribution in [1.82, 2.24) is 24.2 Å². The van der Waals surface area contributed by atoms with Gasteiger partial charge < -0.3 is 14.5 Å². The number of nitrogens with zero attached hydrogens (tertiary/aromatic N) is 4. The summed E-state index contributed by atoms with van der Waals surface area (Å²) in [6.45, 7) is 0. The van der Waals surface area contributed by atoms with Gasteiger partial charge in [0.05, 0.1) is 17.6 Å². The van der Waals surface area contributed by atoms with Crippen molar-refractivity contribution in [2.45, 2.75) is 6.04 Å². The Morgan fingerprint density at radius 1 is 1.21 bits per heavy atom. The van der Waals surface area contributed by atoms with Crippen LogP contribution in [0.4, 0.5) is 4.39 Å². The lowest BCUT2D eigenvalue weighted by molar-refractivity contribution is 0.0751. The van der Waals surface area contributed by atoms with Crippen LogP contribution in [-0.4, -0.2) is 37.2 Å². The van der Waals surface area contributed by atoms with Crippen LogP contribution in [0.1, 0.15) is 27.7 Å². The number of hydrogen-bond acceptors (Lipinski definition) is 3. The topological polar surface area (TPSA) is 75.9 Å². The van der Waals surface area contributed by atoms with Crippen LogP contribution in [0.25, 0.3) is 10.8 Å². The molecule has 3 heterocycles. The fraction of sp³-hybridized carbons (Fsp3) is 0.190. The number of pyridine rings is 1. The first-order valence-corrected chi connectivity index (χ1v) is 9.04. The third-order valence-corrected chi connectivity index (χ3v) is 5.06. The summed E-state index contributed by atoms with van der Waals surface area (Å²) in [7, 11) is 5.09. The highest BCUT2D eigenvalue weighted by molar-refractivity contribution is 6.05. The van der Waals surface area contributed by atoms with Crippen molar-refractivity contribution in [3.05, 3.63) is 88.1 Å². The summed E-state index contributed by atoms with van der Waals surface area (Å²) in [5.74, 6) is -0.697. The monoisotopic (exact) mass is 393 g/mol. The zero-order valence-electron chi connectivity index (χ0n) is 16.3. The van der Waals surface area contributed by atoms with Gasteiger partial charge in [-0.05, 0) is 23.8 Å². The van der Waals surface area contributed by atoms with Gasteiger partial charge in [-0.15, -0.1) is 0 Å². The van der Waals surface area contributed by atoms with Crippen molar-refractivity contribution in [2.75, 3.05) is 7.05 Å². The van der Waals surface area contributed by atoms with Crippen LogP contribution in [0.5, 0.6) is 0 Å². The van der Waals surface area contributed by atoms with Crippen molar-refractivity contribution in [1.29, 1.82) is 0 Å². The molecule has 1 amide bonds. The second kappa shape index (κ2) is 7.05. The molecule has 4 aromatic rings. The van der Waals surface area contributed by atoms with Crippen LogP contribution in [0.15, 0.2) is 59.9 Å². The summed E-state index contributed by atoms with van der Waals surface area (Å²) in [6, 6.07) is 7.34. The standard InChI is InChI=1S/C21H20FN5O2/c1-25-8-7-16-17(20(25)28)11-23-18(16)21(29)27(3)19(14-10-24-26(2)12-14)13-5-4-6-15(22)9-13/h4-12,19,23H,1-3H3. The second-order valence-electron chi connectivity index (χ2n) is 7.04. The summed E-state index contributed by atoms with van der Waals surface area (Å²) >= 11 is 0. The molecule has 0 aliphatic rings. The number of carbonyl (C=O) groups is 1. The first kappa shape index (κ1) is 18.7. The molecule has 1 atom stereocenters. The highest BCUT2D eigenvalue weighted by Crippen LogP contribution is 2.30. The third-order valence-electron chi connectivity index (χ3n) is 5.06. The lowest BCUT2D eigenvalue weighted by atomic mass is 9.99. The number of aromatic amines is 1. The lowest BCUT2D eigenvalue weighted by Crippen LogP contribution is -2.32. The number of aromatic nitrogens is 4. The van der Waals surface area contributed by atoms with Gasteiger partial charge in [0, 0.05) is 50.7 Å². The molecule has 1 N–H and O–H groups in total. The molecule has 7 nitrogen and oxygen atoms in total. The number of benzene rings is 1. The Morgan fingerprint density at radius 2 is 2.00 bits per heavy atom. The number of aryl methyl sites for hydroxylation is 2. The minimum absolute atomic E-state index is 0.186. The Hall–Kier alpha value is -3.68. The minimum Gasteiger partial charge on any atom is -0.356 e. The maximum atomic E-state index is 13.9. The number of H-pyrrole nitrogens is 1. The Morgan fingerprint density at radius 3 is 2.69 bits per heavy atom. The summed E-state index contributed by atoms with van der Waals surface area (Å²) < 4.78 is 17.0. The van der Waals surface area contributed by atoms with Gasteiger partial charge >= 0.3 is 0 Å². The summed E-state index contributed by atoms with van der Waals surface area (Å²) in [4.78, 5) is 30.1. The first-order chi connectivity index (χ1) is 13.9. The maximum Gasteiger partial charge on any atom is 0.271 e. The molecule has 148 valence electrons. The zero-order valence-corrected chi connectivity index (χ0v) is 16.3. The molecule has 0 radical (unpaired) electrons. The van der Waals surface area contributed by atoms with Crippen molar-refractivity contribution < 1.29 is 9.18 Å². The van der Waals surface area contributed by atoms with E-state index in [2.05, 4.69) is 10.1 Å². The highest BCUT2D eigenvalue weighted by atomic mass is 19.1. The molecular formula is C21H20FN5O2. The van der Waals surface area contributed by atoms with E-state index in [9.17, 15) is 14.0 Å². The summed E-state index contributed by atoms with van der Waals surface area (Å²) in [5.41, 5.74) is 1.50. The molecule has 3 aromatic heterocycles. The molecule has 8 heteroatoms. The Labute approximate surface area is 166 Å². The Bertz CT molecular complexity index is 1270. The highest BCUT2D eigenvalue weighted by Gasteiger charge is 2.28. The minimum atomic E-state index is -0.545. The number of fused-ring (bicyclic) bond motifs is 1. The van der Waals surface area contributed by atoms with Gasteiger partial charge in [-0.2, -0.15) is 5.10 Å². The van der Waals surface area contributed by atoms with Crippen molar-refractivity contribution >= 4 is 16.7 Å². The molecular weight excluding hydrogens is 373 g/mol. The van der Waals surface area contributed by atoms with E-state index in [0.29, 0.717) is 22.0 Å². The van der Waals surface area contributed by atoms with Gasteiger partial charge in [0.15, 0.2) is 0 Å². The molecule has 1 unspecified atom stereocenters. The predicted octanol–water partition coefficient (Wildman–Crippen LogP) is 2.60. The average molecular weight is 393 g/mol. The Kier molecular flexibility index (Phi) is 4.54.